The molecule has 0 spiro atoms. The van der Waals surface area contributed by atoms with Crippen LogP contribution in [0.15, 0.2) is 24.3 Å². The summed E-state index contributed by atoms with van der Waals surface area (Å²) in [6.07, 6.45) is 3.22. The molecule has 2 saturated heterocycles. The highest BCUT2D eigenvalue weighted by atomic mass is 19.1. The molecular formula is C24H32FN5O4. The molecule has 2 amide bonds. The standard InChI is InChI=1S/C24H32FN5O4/c1-18-26-19(2)30(27-18)15-23(32)29-12-13-34-24(16-29,14-22(31)28-10-4-3-5-11-28)17-33-21-8-6-20(25)7-9-21/h6-9H,3-5,10-17H2,1-2H3. The molecule has 0 radical (unpaired) electrons. The van der Waals surface area contributed by atoms with Gasteiger partial charge in [0.25, 0.3) is 0 Å². The summed E-state index contributed by atoms with van der Waals surface area (Å²) in [4.78, 5) is 34.1. The van der Waals surface area contributed by atoms with Crippen molar-refractivity contribution in [3.8, 4) is 5.75 Å². The number of nitrogens with zero attached hydrogens (tertiary/aromatic N) is 5. The van der Waals surface area contributed by atoms with Crippen molar-refractivity contribution in [2.45, 2.75) is 51.7 Å². The van der Waals surface area contributed by atoms with Gasteiger partial charge in [0, 0.05) is 19.6 Å². The van der Waals surface area contributed by atoms with Crippen LogP contribution in [0.4, 0.5) is 4.39 Å². The molecule has 2 aromatic rings. The van der Waals surface area contributed by atoms with E-state index >= 15 is 0 Å². The van der Waals surface area contributed by atoms with E-state index in [4.69, 9.17) is 9.47 Å². The van der Waals surface area contributed by atoms with Crippen LogP contribution in [0, 0.1) is 19.7 Å². The SMILES string of the molecule is Cc1nc(C)n(CC(=O)N2CCOC(COc3ccc(F)cc3)(CC(=O)N3CCCCC3)C2)n1. The number of benzene rings is 1. The molecule has 0 saturated carbocycles. The predicted molar refractivity (Wildman–Crippen MR) is 122 cm³/mol. The van der Waals surface area contributed by atoms with Crippen LogP contribution < -0.4 is 4.74 Å². The van der Waals surface area contributed by atoms with Gasteiger partial charge in [0.1, 0.15) is 42.0 Å². The molecule has 1 unspecified atom stereocenters. The molecule has 1 aromatic carbocycles. The lowest BCUT2D eigenvalue weighted by molar-refractivity contribution is -0.166. The molecule has 2 fully saturated rings. The Morgan fingerprint density at radius 1 is 1.06 bits per heavy atom. The van der Waals surface area contributed by atoms with E-state index in [2.05, 4.69) is 10.1 Å². The number of carbonyl (C=O) groups is 2. The Labute approximate surface area is 198 Å². The highest BCUT2D eigenvalue weighted by Gasteiger charge is 2.42. The van der Waals surface area contributed by atoms with Crippen LogP contribution in [0.25, 0.3) is 0 Å². The van der Waals surface area contributed by atoms with E-state index in [0.29, 0.717) is 30.5 Å². The maximum absolute atomic E-state index is 13.3. The average molecular weight is 474 g/mol. The van der Waals surface area contributed by atoms with Gasteiger partial charge < -0.3 is 19.3 Å². The first-order valence-corrected chi connectivity index (χ1v) is 11.8. The van der Waals surface area contributed by atoms with Crippen molar-refractivity contribution in [1.82, 2.24) is 24.6 Å². The van der Waals surface area contributed by atoms with Crippen LogP contribution in [0.1, 0.15) is 37.3 Å². The Hall–Kier alpha value is -3.01. The second kappa shape index (κ2) is 10.5. The lowest BCUT2D eigenvalue weighted by atomic mass is 9.96. The summed E-state index contributed by atoms with van der Waals surface area (Å²) in [5, 5.41) is 4.28. The molecule has 0 aliphatic carbocycles. The summed E-state index contributed by atoms with van der Waals surface area (Å²) in [5.41, 5.74) is -0.996. The Morgan fingerprint density at radius 2 is 1.79 bits per heavy atom. The third-order valence-electron chi connectivity index (χ3n) is 6.35. The van der Waals surface area contributed by atoms with E-state index in [-0.39, 0.29) is 43.7 Å². The molecule has 2 aliphatic rings. The van der Waals surface area contributed by atoms with E-state index in [1.807, 2.05) is 11.8 Å². The lowest BCUT2D eigenvalue weighted by Crippen LogP contribution is -2.59. The third-order valence-corrected chi connectivity index (χ3v) is 6.35. The first kappa shape index (κ1) is 24.1. The average Bonchev–Trinajstić information content (AvgIpc) is 3.15. The van der Waals surface area contributed by atoms with Crippen LogP contribution in [0.3, 0.4) is 0 Å². The van der Waals surface area contributed by atoms with Gasteiger partial charge in [0.15, 0.2) is 0 Å². The zero-order chi connectivity index (χ0) is 24.1. The highest BCUT2D eigenvalue weighted by Crippen LogP contribution is 2.26. The first-order valence-electron chi connectivity index (χ1n) is 11.8. The Bertz CT molecular complexity index is 1010. The second-order valence-corrected chi connectivity index (χ2v) is 9.07. The van der Waals surface area contributed by atoms with Crippen molar-refractivity contribution in [2.24, 2.45) is 0 Å². The normalized spacial score (nSPS) is 20.9. The van der Waals surface area contributed by atoms with Crippen LogP contribution >= 0.6 is 0 Å². The van der Waals surface area contributed by atoms with Gasteiger partial charge in [0.05, 0.1) is 19.6 Å². The lowest BCUT2D eigenvalue weighted by Gasteiger charge is -2.43. The quantitative estimate of drug-likeness (QED) is 0.612. The molecule has 0 bridgehead atoms. The van der Waals surface area contributed by atoms with Gasteiger partial charge in [0.2, 0.25) is 11.8 Å². The van der Waals surface area contributed by atoms with Crippen molar-refractivity contribution >= 4 is 11.8 Å². The minimum Gasteiger partial charge on any atom is -0.490 e. The number of hydrogen-bond donors (Lipinski definition) is 0. The molecule has 2 aliphatic heterocycles. The predicted octanol–water partition coefficient (Wildman–Crippen LogP) is 2.11. The van der Waals surface area contributed by atoms with Gasteiger partial charge in [-0.15, -0.1) is 0 Å². The van der Waals surface area contributed by atoms with Crippen molar-refractivity contribution in [1.29, 1.82) is 0 Å². The summed E-state index contributed by atoms with van der Waals surface area (Å²) in [6, 6.07) is 5.72. The number of amides is 2. The van der Waals surface area contributed by atoms with Crippen LogP contribution in [0.2, 0.25) is 0 Å². The van der Waals surface area contributed by atoms with Gasteiger partial charge in [-0.1, -0.05) is 0 Å². The van der Waals surface area contributed by atoms with Gasteiger partial charge in [-0.2, -0.15) is 5.10 Å². The summed E-state index contributed by atoms with van der Waals surface area (Å²) < 4.78 is 27.0. The number of carbonyl (C=O) groups excluding carboxylic acids is 2. The number of rotatable bonds is 7. The molecule has 4 rings (SSSR count). The van der Waals surface area contributed by atoms with Crippen molar-refractivity contribution < 1.29 is 23.5 Å². The van der Waals surface area contributed by atoms with Gasteiger partial charge in [-0.25, -0.2) is 14.1 Å². The Balaban J connectivity index is 1.49. The third kappa shape index (κ3) is 5.91. The van der Waals surface area contributed by atoms with Gasteiger partial charge >= 0.3 is 0 Å². The molecule has 34 heavy (non-hydrogen) atoms. The second-order valence-electron chi connectivity index (χ2n) is 9.07. The molecule has 1 aromatic heterocycles. The largest absolute Gasteiger partial charge is 0.490 e. The summed E-state index contributed by atoms with van der Waals surface area (Å²) >= 11 is 0. The molecule has 9 nitrogen and oxygen atoms in total. The fraction of sp³-hybridized carbons (Fsp3) is 0.583. The molecular weight excluding hydrogens is 441 g/mol. The van der Waals surface area contributed by atoms with Crippen LogP contribution in [-0.2, 0) is 20.9 Å². The zero-order valence-corrected chi connectivity index (χ0v) is 19.8. The van der Waals surface area contributed by atoms with Crippen LogP contribution in [0.5, 0.6) is 5.75 Å². The van der Waals surface area contributed by atoms with E-state index < -0.39 is 5.60 Å². The minimum absolute atomic E-state index is 0.000509. The molecule has 0 N–H and O–H groups in total. The molecule has 3 heterocycles. The number of ether oxygens (including phenoxy) is 2. The number of piperidine rings is 1. The Morgan fingerprint density at radius 3 is 2.47 bits per heavy atom. The monoisotopic (exact) mass is 473 g/mol. The summed E-state index contributed by atoms with van der Waals surface area (Å²) in [7, 11) is 0. The van der Waals surface area contributed by atoms with E-state index in [0.717, 1.165) is 32.4 Å². The zero-order valence-electron chi connectivity index (χ0n) is 19.8. The van der Waals surface area contributed by atoms with E-state index in [1.165, 1.54) is 24.3 Å². The number of likely N-dealkylation sites (tertiary alicyclic amines) is 1. The Kier molecular flexibility index (Phi) is 7.45. The van der Waals surface area contributed by atoms with Gasteiger partial charge in [-0.3, -0.25) is 9.59 Å². The number of aromatic nitrogens is 3. The van der Waals surface area contributed by atoms with Gasteiger partial charge in [-0.05, 0) is 57.4 Å². The number of halogens is 1. The number of hydrogen-bond acceptors (Lipinski definition) is 6. The number of morpholine rings is 1. The van der Waals surface area contributed by atoms with Crippen molar-refractivity contribution in [3.05, 3.63) is 41.7 Å². The van der Waals surface area contributed by atoms with Crippen molar-refractivity contribution in [2.75, 3.05) is 39.4 Å². The molecule has 1 atom stereocenters. The van der Waals surface area contributed by atoms with E-state index in [9.17, 15) is 14.0 Å². The van der Waals surface area contributed by atoms with Crippen LogP contribution in [-0.4, -0.2) is 81.4 Å². The highest BCUT2D eigenvalue weighted by molar-refractivity contribution is 5.78. The van der Waals surface area contributed by atoms with Crippen molar-refractivity contribution in [3.63, 3.8) is 0 Å². The smallest absolute Gasteiger partial charge is 0.244 e. The fourth-order valence-corrected chi connectivity index (χ4v) is 4.52. The van der Waals surface area contributed by atoms with E-state index in [1.54, 1.807) is 16.5 Å². The molecule has 10 heteroatoms. The maximum atomic E-state index is 13.3. The fourth-order valence-electron chi connectivity index (χ4n) is 4.52. The minimum atomic E-state index is -0.996. The molecule has 184 valence electrons. The number of aryl methyl sites for hydroxylation is 2. The first-order chi connectivity index (χ1) is 16.3. The summed E-state index contributed by atoms with van der Waals surface area (Å²) in [5.74, 6) is 1.29. The topological polar surface area (TPSA) is 89.8 Å². The summed E-state index contributed by atoms with van der Waals surface area (Å²) in [6.45, 7) is 6.15. The maximum Gasteiger partial charge on any atom is 0.244 e.